The molecule has 0 bridgehead atoms. The molecule has 5 heteroatoms. The molecule has 0 heterocycles. The number of ether oxygens (including phenoxy) is 2. The SMILES string of the molecule is COCCOCSSC(C)(C)CNC(C)(C)C. The van der Waals surface area contributed by atoms with Gasteiger partial charge >= 0.3 is 0 Å². The highest BCUT2D eigenvalue weighted by Crippen LogP contribution is 2.35. The van der Waals surface area contributed by atoms with E-state index >= 15 is 0 Å². The first-order valence-corrected chi connectivity index (χ1v) is 8.21. The number of nitrogens with one attached hydrogen (secondary N) is 1. The van der Waals surface area contributed by atoms with Gasteiger partial charge in [-0.2, -0.15) is 0 Å². The Hall–Kier alpha value is 0.580. The molecule has 0 unspecified atom stereocenters. The Balaban J connectivity index is 3.57. The van der Waals surface area contributed by atoms with Crippen LogP contribution in [0.1, 0.15) is 34.6 Å². The molecule has 3 nitrogen and oxygen atoms in total. The van der Waals surface area contributed by atoms with Crippen LogP contribution in [-0.2, 0) is 9.47 Å². The van der Waals surface area contributed by atoms with Crippen molar-refractivity contribution in [2.24, 2.45) is 0 Å². The van der Waals surface area contributed by atoms with E-state index in [1.165, 1.54) is 0 Å². The second-order valence-corrected chi connectivity index (χ2v) is 8.53. The van der Waals surface area contributed by atoms with Crippen LogP contribution in [0.4, 0.5) is 0 Å². The van der Waals surface area contributed by atoms with Gasteiger partial charge in [-0.15, -0.1) is 0 Å². The normalized spacial score (nSPS) is 13.1. The first-order valence-electron chi connectivity index (χ1n) is 5.89. The second kappa shape index (κ2) is 8.64. The Labute approximate surface area is 114 Å². The summed E-state index contributed by atoms with van der Waals surface area (Å²) >= 11 is 0. The Morgan fingerprint density at radius 1 is 1.06 bits per heavy atom. The minimum atomic E-state index is 0.178. The van der Waals surface area contributed by atoms with Crippen molar-refractivity contribution in [1.29, 1.82) is 0 Å². The number of methoxy groups -OCH3 is 1. The largest absolute Gasteiger partial charge is 0.382 e. The lowest BCUT2D eigenvalue weighted by molar-refractivity contribution is 0.0957. The van der Waals surface area contributed by atoms with Crippen molar-refractivity contribution in [1.82, 2.24) is 5.32 Å². The topological polar surface area (TPSA) is 30.5 Å². The molecule has 0 aliphatic heterocycles. The van der Waals surface area contributed by atoms with Gasteiger partial charge in [0.2, 0.25) is 0 Å². The standard InChI is InChI=1S/C12H27NO2S2/c1-11(2,3)13-9-12(4,5)17-16-10-15-8-7-14-6/h13H,7-10H2,1-6H3. The molecule has 0 saturated carbocycles. The smallest absolute Gasteiger partial charge is 0.102 e. The zero-order valence-electron chi connectivity index (χ0n) is 12.0. The third kappa shape index (κ3) is 12.8. The molecule has 0 aromatic heterocycles. The van der Waals surface area contributed by atoms with Crippen molar-refractivity contribution in [3.63, 3.8) is 0 Å². The third-order valence-electron chi connectivity index (χ3n) is 1.89. The molecule has 17 heavy (non-hydrogen) atoms. The van der Waals surface area contributed by atoms with Crippen LogP contribution in [0.25, 0.3) is 0 Å². The van der Waals surface area contributed by atoms with Crippen LogP contribution >= 0.6 is 21.6 Å². The van der Waals surface area contributed by atoms with Gasteiger partial charge in [-0.3, -0.25) is 0 Å². The summed E-state index contributed by atoms with van der Waals surface area (Å²) in [5, 5.41) is 3.53. The van der Waals surface area contributed by atoms with Gasteiger partial charge in [0.05, 0.1) is 13.2 Å². The van der Waals surface area contributed by atoms with Gasteiger partial charge in [-0.25, -0.2) is 0 Å². The van der Waals surface area contributed by atoms with Gasteiger partial charge < -0.3 is 14.8 Å². The molecule has 0 spiro atoms. The van der Waals surface area contributed by atoms with Crippen LogP contribution in [0.5, 0.6) is 0 Å². The van der Waals surface area contributed by atoms with E-state index in [4.69, 9.17) is 9.47 Å². The summed E-state index contributed by atoms with van der Waals surface area (Å²) in [6, 6.07) is 0. The predicted octanol–water partition coefficient (Wildman–Crippen LogP) is 3.16. The Kier molecular flexibility index (Phi) is 8.94. The summed E-state index contributed by atoms with van der Waals surface area (Å²) in [5.74, 6) is 0.715. The van der Waals surface area contributed by atoms with Crippen molar-refractivity contribution >= 4 is 21.6 Å². The lowest BCUT2D eigenvalue weighted by Crippen LogP contribution is -2.43. The fourth-order valence-electron chi connectivity index (χ4n) is 0.926. The second-order valence-electron chi connectivity index (χ2n) is 5.58. The van der Waals surface area contributed by atoms with Crippen molar-refractivity contribution in [3.8, 4) is 0 Å². The Morgan fingerprint density at radius 2 is 1.71 bits per heavy atom. The van der Waals surface area contributed by atoms with Crippen LogP contribution in [0.15, 0.2) is 0 Å². The third-order valence-corrected chi connectivity index (χ3v) is 4.86. The molecule has 0 saturated heterocycles. The van der Waals surface area contributed by atoms with Gasteiger partial charge in [-0.1, -0.05) is 21.6 Å². The fourth-order valence-corrected chi connectivity index (χ4v) is 3.09. The van der Waals surface area contributed by atoms with Crippen LogP contribution in [0.3, 0.4) is 0 Å². The molecule has 0 aromatic rings. The van der Waals surface area contributed by atoms with E-state index in [0.29, 0.717) is 19.2 Å². The first-order chi connectivity index (χ1) is 7.77. The summed E-state index contributed by atoms with van der Waals surface area (Å²) in [6.07, 6.45) is 0. The van der Waals surface area contributed by atoms with Crippen molar-refractivity contribution in [3.05, 3.63) is 0 Å². The van der Waals surface area contributed by atoms with Crippen molar-refractivity contribution in [2.45, 2.75) is 44.9 Å². The van der Waals surface area contributed by atoms with E-state index in [1.807, 2.05) is 10.8 Å². The lowest BCUT2D eigenvalue weighted by atomic mass is 10.1. The molecule has 0 aliphatic rings. The lowest BCUT2D eigenvalue weighted by Gasteiger charge is -2.29. The molecule has 104 valence electrons. The van der Waals surface area contributed by atoms with E-state index in [2.05, 4.69) is 39.9 Å². The number of rotatable bonds is 9. The van der Waals surface area contributed by atoms with E-state index in [-0.39, 0.29) is 10.3 Å². The van der Waals surface area contributed by atoms with Crippen LogP contribution in [0.2, 0.25) is 0 Å². The van der Waals surface area contributed by atoms with Crippen LogP contribution in [-0.4, -0.2) is 43.1 Å². The predicted molar refractivity (Wildman–Crippen MR) is 79.7 cm³/mol. The molecule has 0 fully saturated rings. The van der Waals surface area contributed by atoms with Gasteiger partial charge in [0, 0.05) is 23.9 Å². The molecule has 0 aromatic carbocycles. The first kappa shape index (κ1) is 17.6. The zero-order valence-corrected chi connectivity index (χ0v) is 13.6. The fraction of sp³-hybridized carbons (Fsp3) is 1.00. The van der Waals surface area contributed by atoms with E-state index in [0.717, 1.165) is 6.54 Å². The maximum atomic E-state index is 5.41. The average molecular weight is 281 g/mol. The van der Waals surface area contributed by atoms with Gasteiger partial charge in [0.1, 0.15) is 5.94 Å². The van der Waals surface area contributed by atoms with Gasteiger partial charge in [-0.05, 0) is 34.6 Å². The maximum Gasteiger partial charge on any atom is 0.102 e. The molecule has 1 N–H and O–H groups in total. The summed E-state index contributed by atoms with van der Waals surface area (Å²) in [7, 11) is 5.31. The summed E-state index contributed by atoms with van der Waals surface area (Å²) in [6.45, 7) is 13.4. The average Bonchev–Trinajstić information content (AvgIpc) is 2.20. The highest BCUT2D eigenvalue weighted by atomic mass is 33.1. The van der Waals surface area contributed by atoms with E-state index < -0.39 is 0 Å². The molecular weight excluding hydrogens is 254 g/mol. The van der Waals surface area contributed by atoms with Crippen molar-refractivity contribution in [2.75, 3.05) is 32.8 Å². The molecule has 0 rings (SSSR count). The van der Waals surface area contributed by atoms with Crippen LogP contribution < -0.4 is 5.32 Å². The molecule has 0 aliphatic carbocycles. The quantitative estimate of drug-likeness (QED) is 0.398. The van der Waals surface area contributed by atoms with Gasteiger partial charge in [0.25, 0.3) is 0 Å². The summed E-state index contributed by atoms with van der Waals surface area (Å²) in [5.41, 5.74) is 0.178. The highest BCUT2D eigenvalue weighted by molar-refractivity contribution is 8.77. The zero-order chi connectivity index (χ0) is 13.4. The molecule has 0 radical (unpaired) electrons. The Morgan fingerprint density at radius 3 is 2.24 bits per heavy atom. The van der Waals surface area contributed by atoms with Crippen LogP contribution in [0, 0.1) is 0 Å². The van der Waals surface area contributed by atoms with Gasteiger partial charge in [0.15, 0.2) is 0 Å². The highest BCUT2D eigenvalue weighted by Gasteiger charge is 2.21. The monoisotopic (exact) mass is 281 g/mol. The summed E-state index contributed by atoms with van der Waals surface area (Å²) in [4.78, 5) is 0. The summed E-state index contributed by atoms with van der Waals surface area (Å²) < 4.78 is 10.5. The minimum absolute atomic E-state index is 0.178. The molecule has 0 amide bonds. The number of hydrogen-bond donors (Lipinski definition) is 1. The molecular formula is C12H27NO2S2. The van der Waals surface area contributed by atoms with Crippen molar-refractivity contribution < 1.29 is 9.47 Å². The number of hydrogen-bond acceptors (Lipinski definition) is 5. The molecule has 0 atom stereocenters. The van der Waals surface area contributed by atoms with E-state index in [1.54, 1.807) is 17.9 Å². The van der Waals surface area contributed by atoms with E-state index in [9.17, 15) is 0 Å². The maximum absolute atomic E-state index is 5.41. The Bertz CT molecular complexity index is 193. The minimum Gasteiger partial charge on any atom is -0.382 e.